The maximum atomic E-state index is 13.5. The zero-order valence-corrected chi connectivity index (χ0v) is 15.6. The van der Waals surface area contributed by atoms with Crippen molar-refractivity contribution in [1.82, 2.24) is 5.32 Å². The van der Waals surface area contributed by atoms with Crippen LogP contribution in [-0.4, -0.2) is 19.1 Å². The smallest absolute Gasteiger partial charge is 0.244 e. The Balaban J connectivity index is 2.06. The van der Waals surface area contributed by atoms with Gasteiger partial charge in [0.25, 0.3) is 0 Å². The number of ether oxygens (including phenoxy) is 2. The average molecular weight is 378 g/mol. The molecular weight excluding hydrogens is 357 g/mol. The molecule has 1 N–H and O–H groups in total. The molecular formula is C20H21ClFNO3. The Bertz CT molecular complexity index is 806. The second-order valence-electron chi connectivity index (χ2n) is 5.84. The Morgan fingerprint density at radius 1 is 1.31 bits per heavy atom. The number of hydrogen-bond donors (Lipinski definition) is 1. The molecule has 6 heteroatoms. The first-order valence-corrected chi connectivity index (χ1v) is 8.52. The molecule has 0 atom stereocenters. The summed E-state index contributed by atoms with van der Waals surface area (Å²) >= 11 is 6.25. The number of rotatable bonds is 7. The molecule has 0 bridgehead atoms. The van der Waals surface area contributed by atoms with Crippen LogP contribution in [0.25, 0.3) is 6.08 Å². The Morgan fingerprint density at radius 2 is 2.04 bits per heavy atom. The summed E-state index contributed by atoms with van der Waals surface area (Å²) in [5.74, 6) is 0.253. The summed E-state index contributed by atoms with van der Waals surface area (Å²) in [6.07, 6.45) is 2.91. The molecule has 138 valence electrons. The average Bonchev–Trinajstić information content (AvgIpc) is 2.60. The predicted molar refractivity (Wildman–Crippen MR) is 101 cm³/mol. The molecule has 2 aromatic rings. The lowest BCUT2D eigenvalue weighted by Crippen LogP contribution is -2.20. The van der Waals surface area contributed by atoms with E-state index in [-0.39, 0.29) is 24.4 Å². The third-order valence-corrected chi connectivity index (χ3v) is 3.72. The molecule has 2 rings (SSSR count). The summed E-state index contributed by atoms with van der Waals surface area (Å²) in [4.78, 5) is 11.9. The zero-order chi connectivity index (χ0) is 19.1. The van der Waals surface area contributed by atoms with Crippen LogP contribution in [0.1, 0.15) is 25.0 Å². The van der Waals surface area contributed by atoms with Crippen molar-refractivity contribution in [3.63, 3.8) is 0 Å². The molecule has 0 aliphatic heterocycles. The molecule has 26 heavy (non-hydrogen) atoms. The van der Waals surface area contributed by atoms with Crippen LogP contribution in [0.5, 0.6) is 11.5 Å². The summed E-state index contributed by atoms with van der Waals surface area (Å²) in [7, 11) is 1.52. The van der Waals surface area contributed by atoms with E-state index in [9.17, 15) is 9.18 Å². The van der Waals surface area contributed by atoms with Gasteiger partial charge in [0.2, 0.25) is 5.91 Å². The number of carbonyl (C=O) groups is 1. The second-order valence-corrected chi connectivity index (χ2v) is 6.25. The molecule has 0 spiro atoms. The van der Waals surface area contributed by atoms with Gasteiger partial charge in [-0.25, -0.2) is 4.39 Å². The number of nitrogens with one attached hydrogen (secondary N) is 1. The number of amides is 1. The molecule has 0 aliphatic rings. The lowest BCUT2D eigenvalue weighted by molar-refractivity contribution is -0.116. The molecule has 0 saturated heterocycles. The van der Waals surface area contributed by atoms with Gasteiger partial charge in [0.1, 0.15) is 5.82 Å². The third-order valence-electron chi connectivity index (χ3n) is 3.44. The Labute approximate surface area is 157 Å². The number of halogens is 2. The fourth-order valence-electron chi connectivity index (χ4n) is 2.24. The summed E-state index contributed by atoms with van der Waals surface area (Å²) in [5.41, 5.74) is 1.11. The molecule has 2 aromatic carbocycles. The zero-order valence-electron chi connectivity index (χ0n) is 14.9. The standard InChI is InChI=1S/C20H21ClFNO3/c1-13(2)26-20-16(21)10-14(11-18(20)25-3)8-9-19(24)23-12-15-6-4-5-7-17(15)22/h4-11,13H,12H2,1-3H3,(H,23,24)/b9-8+. The van der Waals surface area contributed by atoms with Gasteiger partial charge < -0.3 is 14.8 Å². The van der Waals surface area contributed by atoms with Gasteiger partial charge in [-0.15, -0.1) is 0 Å². The van der Waals surface area contributed by atoms with Crippen molar-refractivity contribution in [2.45, 2.75) is 26.5 Å². The summed E-state index contributed by atoms with van der Waals surface area (Å²) in [5, 5.41) is 3.03. The first-order chi connectivity index (χ1) is 12.4. The Morgan fingerprint density at radius 3 is 2.69 bits per heavy atom. The quantitative estimate of drug-likeness (QED) is 0.717. The minimum atomic E-state index is -0.353. The first kappa shape index (κ1) is 19.8. The van der Waals surface area contributed by atoms with Crippen LogP contribution < -0.4 is 14.8 Å². The van der Waals surface area contributed by atoms with E-state index in [0.717, 1.165) is 0 Å². The summed E-state index contributed by atoms with van der Waals surface area (Å²) in [6.45, 7) is 3.90. The lowest BCUT2D eigenvalue weighted by Gasteiger charge is -2.15. The maximum absolute atomic E-state index is 13.5. The van der Waals surface area contributed by atoms with E-state index in [1.165, 1.54) is 19.3 Å². The van der Waals surface area contributed by atoms with E-state index < -0.39 is 0 Å². The number of methoxy groups -OCH3 is 1. The molecule has 4 nitrogen and oxygen atoms in total. The van der Waals surface area contributed by atoms with E-state index in [1.807, 2.05) is 13.8 Å². The van der Waals surface area contributed by atoms with Crippen molar-refractivity contribution < 1.29 is 18.7 Å². The van der Waals surface area contributed by atoms with Crippen LogP contribution in [0, 0.1) is 5.82 Å². The molecule has 0 aliphatic carbocycles. The van der Waals surface area contributed by atoms with Crippen molar-refractivity contribution in [3.8, 4) is 11.5 Å². The largest absolute Gasteiger partial charge is 0.493 e. The minimum Gasteiger partial charge on any atom is -0.493 e. The lowest BCUT2D eigenvalue weighted by atomic mass is 10.1. The first-order valence-electron chi connectivity index (χ1n) is 8.14. The highest BCUT2D eigenvalue weighted by molar-refractivity contribution is 6.32. The van der Waals surface area contributed by atoms with E-state index in [2.05, 4.69) is 5.32 Å². The van der Waals surface area contributed by atoms with Gasteiger partial charge >= 0.3 is 0 Å². The highest BCUT2D eigenvalue weighted by atomic mass is 35.5. The molecule has 0 fully saturated rings. The fraction of sp³-hybridized carbons (Fsp3) is 0.250. The van der Waals surface area contributed by atoms with Gasteiger partial charge in [-0.2, -0.15) is 0 Å². The molecule has 1 amide bonds. The normalized spacial score (nSPS) is 11.0. The van der Waals surface area contributed by atoms with Crippen LogP contribution in [0.15, 0.2) is 42.5 Å². The van der Waals surface area contributed by atoms with Crippen molar-refractivity contribution in [3.05, 3.63) is 64.4 Å². The van der Waals surface area contributed by atoms with Crippen LogP contribution >= 0.6 is 11.6 Å². The van der Waals surface area contributed by atoms with Gasteiger partial charge in [0, 0.05) is 18.2 Å². The predicted octanol–water partition coefficient (Wildman–Crippen LogP) is 4.60. The maximum Gasteiger partial charge on any atom is 0.244 e. The van der Waals surface area contributed by atoms with Gasteiger partial charge in [0.05, 0.1) is 18.2 Å². The second kappa shape index (κ2) is 9.25. The summed E-state index contributed by atoms with van der Waals surface area (Å²) < 4.78 is 24.5. The van der Waals surface area contributed by atoms with Gasteiger partial charge in [-0.05, 0) is 43.7 Å². The Hall–Kier alpha value is -2.53. The van der Waals surface area contributed by atoms with Crippen LogP contribution in [0.4, 0.5) is 4.39 Å². The Kier molecular flexibility index (Phi) is 7.04. The highest BCUT2D eigenvalue weighted by Gasteiger charge is 2.12. The molecule has 0 radical (unpaired) electrons. The fourth-order valence-corrected chi connectivity index (χ4v) is 2.50. The summed E-state index contributed by atoms with van der Waals surface area (Å²) in [6, 6.07) is 9.70. The molecule has 0 saturated carbocycles. The molecule has 0 heterocycles. The molecule has 0 unspecified atom stereocenters. The monoisotopic (exact) mass is 377 g/mol. The SMILES string of the molecule is COc1cc(/C=C/C(=O)NCc2ccccc2F)cc(Cl)c1OC(C)C. The van der Waals surface area contributed by atoms with E-state index in [1.54, 1.807) is 36.4 Å². The van der Waals surface area contributed by atoms with E-state index in [4.69, 9.17) is 21.1 Å². The van der Waals surface area contributed by atoms with Crippen LogP contribution in [0.2, 0.25) is 5.02 Å². The highest BCUT2D eigenvalue weighted by Crippen LogP contribution is 2.37. The van der Waals surface area contributed by atoms with Crippen molar-refractivity contribution in [2.24, 2.45) is 0 Å². The molecule has 0 aromatic heterocycles. The third kappa shape index (κ3) is 5.49. The van der Waals surface area contributed by atoms with Crippen LogP contribution in [0.3, 0.4) is 0 Å². The van der Waals surface area contributed by atoms with Crippen molar-refractivity contribution in [2.75, 3.05) is 7.11 Å². The van der Waals surface area contributed by atoms with Crippen molar-refractivity contribution in [1.29, 1.82) is 0 Å². The topological polar surface area (TPSA) is 47.6 Å². The minimum absolute atomic E-state index is 0.0491. The van der Waals surface area contributed by atoms with Gasteiger partial charge in [-0.1, -0.05) is 29.8 Å². The number of carbonyl (C=O) groups excluding carboxylic acids is 1. The number of hydrogen-bond acceptors (Lipinski definition) is 3. The van der Waals surface area contributed by atoms with Gasteiger partial charge in [0.15, 0.2) is 11.5 Å². The number of benzene rings is 2. The van der Waals surface area contributed by atoms with Crippen LogP contribution in [-0.2, 0) is 11.3 Å². The van der Waals surface area contributed by atoms with E-state index in [0.29, 0.717) is 27.6 Å². The van der Waals surface area contributed by atoms with Crippen molar-refractivity contribution >= 4 is 23.6 Å². The van der Waals surface area contributed by atoms with E-state index >= 15 is 0 Å². The van der Waals surface area contributed by atoms with Gasteiger partial charge in [-0.3, -0.25) is 4.79 Å².